The molecule has 0 saturated carbocycles. The Morgan fingerprint density at radius 2 is 1.15 bits per heavy atom. The zero-order valence-electron chi connectivity index (χ0n) is 6.55. The number of hydrogen-bond acceptors (Lipinski definition) is 5. The van der Waals surface area contributed by atoms with Crippen molar-refractivity contribution in [1.82, 2.24) is 0 Å². The van der Waals surface area contributed by atoms with Crippen LogP contribution >= 0.6 is 77.8 Å². The van der Waals surface area contributed by atoms with Gasteiger partial charge in [0.1, 0.15) is 0 Å². The van der Waals surface area contributed by atoms with Crippen LogP contribution in [-0.2, 0) is 9.47 Å². The van der Waals surface area contributed by atoms with Crippen LogP contribution in [0.3, 0.4) is 0 Å². The number of ether oxygens (including phenoxy) is 2. The minimum Gasteiger partial charge on any atom is -0.341 e. The molecule has 0 saturated heterocycles. The average Bonchev–Trinajstić information content (AvgIpc) is 2.04. The molecule has 0 rings (SSSR count). The molecule has 0 spiro atoms. The second-order valence-corrected chi connectivity index (χ2v) is 9.23. The Hall–Kier alpha value is 2.13. The Balaban J connectivity index is 3.68. The highest BCUT2D eigenvalue weighted by Crippen LogP contribution is 2.54. The summed E-state index contributed by atoms with van der Waals surface area (Å²) in [7, 11) is 6.08. The zero-order valence-corrected chi connectivity index (χ0v) is 12.0. The predicted octanol–water partition coefficient (Wildman–Crippen LogP) is 4.49. The number of hydrogen-bond donors (Lipinski definition) is 0. The lowest BCUT2D eigenvalue weighted by Gasteiger charge is -2.18. The van der Waals surface area contributed by atoms with Gasteiger partial charge in [-0.25, -0.2) is 0 Å². The number of halogens is 4. The summed E-state index contributed by atoms with van der Waals surface area (Å²) in [5, 5.41) is 0. The molecule has 0 aliphatic rings. The topological polar surface area (TPSA) is 18.5 Å². The van der Waals surface area contributed by atoms with Gasteiger partial charge in [-0.05, 0) is 31.4 Å². The van der Waals surface area contributed by atoms with Gasteiger partial charge in [0.15, 0.2) is 0 Å². The van der Waals surface area contributed by atoms with Gasteiger partial charge in [-0.2, -0.15) is 0 Å². The highest BCUT2D eigenvalue weighted by molar-refractivity contribution is 9.10. The fraction of sp³-hybridized carbons (Fsp3) is 1.00. The first-order valence-corrected chi connectivity index (χ1v) is 7.72. The van der Waals surface area contributed by atoms with Crippen LogP contribution in [0.2, 0.25) is 0 Å². The van der Waals surface area contributed by atoms with E-state index >= 15 is 0 Å². The molecule has 0 aromatic rings. The van der Waals surface area contributed by atoms with Crippen LogP contribution < -0.4 is 0 Å². The second-order valence-electron chi connectivity index (χ2n) is 1.57. The molecule has 0 amide bonds. The van der Waals surface area contributed by atoms with Crippen molar-refractivity contribution in [3.8, 4) is 0 Å². The minimum absolute atomic E-state index is 1.06. The molecular weight excluding hydrogens is 318 g/mol. The molecule has 0 unspecified atom stereocenters. The normalized spacial score (nSPS) is 13.4. The lowest BCUT2D eigenvalue weighted by Crippen LogP contribution is -2.09. The van der Waals surface area contributed by atoms with Gasteiger partial charge >= 0.3 is 0 Å². The van der Waals surface area contributed by atoms with Crippen molar-refractivity contribution >= 4 is 77.8 Å². The summed E-state index contributed by atoms with van der Waals surface area (Å²) < 4.78 is 6.82. The fourth-order valence-electron chi connectivity index (χ4n) is 0.164. The predicted molar refractivity (Wildman–Crippen MR) is 65.7 cm³/mol. The molecule has 0 fully saturated rings. The first kappa shape index (κ1) is 15.1. The summed E-state index contributed by atoms with van der Waals surface area (Å²) in [5.74, 6) is 0. The minimum atomic E-state index is -1.31. The highest BCUT2D eigenvalue weighted by Gasteiger charge is 2.29. The molecular formula is C4H6Cl4O2S3. The molecule has 80 valence electrons. The van der Waals surface area contributed by atoms with Gasteiger partial charge in [0.2, 0.25) is 0 Å². The van der Waals surface area contributed by atoms with Gasteiger partial charge in [0, 0.05) is 14.2 Å². The number of alkyl halides is 4. The lowest BCUT2D eigenvalue weighted by atomic mass is 11.5. The van der Waals surface area contributed by atoms with Crippen molar-refractivity contribution in [1.29, 1.82) is 0 Å². The molecule has 0 aromatic heterocycles. The Morgan fingerprint density at radius 3 is 1.38 bits per heavy atom. The van der Waals surface area contributed by atoms with E-state index in [2.05, 4.69) is 0 Å². The lowest BCUT2D eigenvalue weighted by molar-refractivity contribution is 0.202. The van der Waals surface area contributed by atoms with Gasteiger partial charge in [-0.15, -0.1) is 0 Å². The molecule has 0 bridgehead atoms. The third kappa shape index (κ3) is 7.99. The van der Waals surface area contributed by atoms with Crippen LogP contribution in [0.15, 0.2) is 0 Å². The molecule has 0 N–H and O–H groups in total. The zero-order chi connectivity index (χ0) is 10.5. The molecule has 0 atom stereocenters. The first-order chi connectivity index (χ1) is 5.83. The molecule has 0 aliphatic heterocycles. The molecule has 0 aromatic carbocycles. The van der Waals surface area contributed by atoms with E-state index in [-0.39, 0.29) is 0 Å². The molecule has 0 radical (unpaired) electrons. The maximum absolute atomic E-state index is 5.64. The maximum Gasteiger partial charge on any atom is 0.277 e. The monoisotopic (exact) mass is 322 g/mol. The Morgan fingerprint density at radius 1 is 0.846 bits per heavy atom. The van der Waals surface area contributed by atoms with Crippen LogP contribution in [0.25, 0.3) is 0 Å². The average molecular weight is 324 g/mol. The van der Waals surface area contributed by atoms with Crippen LogP contribution in [0.1, 0.15) is 0 Å². The van der Waals surface area contributed by atoms with E-state index in [1.165, 1.54) is 24.0 Å². The van der Waals surface area contributed by atoms with E-state index in [1.54, 1.807) is 0 Å². The van der Waals surface area contributed by atoms with Crippen LogP contribution in [0.5, 0.6) is 0 Å². The third-order valence-corrected chi connectivity index (χ3v) is 7.28. The standard InChI is InChI=1S/C4H6Cl4O2S3/c1-9-3(5,6)11-13-12-4(7,8)10-2/h1-2H3. The number of methoxy groups -OCH3 is 2. The first-order valence-electron chi connectivity index (χ1n) is 2.72. The number of rotatable bonds is 6. The molecule has 0 aliphatic carbocycles. The van der Waals surface area contributed by atoms with E-state index in [0.29, 0.717) is 0 Å². The molecule has 9 heteroatoms. The molecule has 13 heavy (non-hydrogen) atoms. The largest absolute Gasteiger partial charge is 0.341 e. The second kappa shape index (κ2) is 6.66. The summed E-state index contributed by atoms with van der Waals surface area (Å²) in [4.78, 5) is 0. The third-order valence-electron chi connectivity index (χ3n) is 0.737. The summed E-state index contributed by atoms with van der Waals surface area (Å²) in [6, 6.07) is 0. The molecule has 0 heterocycles. The summed E-state index contributed by atoms with van der Waals surface area (Å²) in [5.41, 5.74) is 0. The van der Waals surface area contributed by atoms with E-state index in [4.69, 9.17) is 55.9 Å². The summed E-state index contributed by atoms with van der Waals surface area (Å²) in [6.07, 6.45) is 0. The van der Waals surface area contributed by atoms with Gasteiger partial charge in [0.05, 0.1) is 0 Å². The van der Waals surface area contributed by atoms with Crippen LogP contribution in [0.4, 0.5) is 0 Å². The van der Waals surface area contributed by atoms with Crippen molar-refractivity contribution in [2.75, 3.05) is 14.2 Å². The van der Waals surface area contributed by atoms with Crippen molar-refractivity contribution in [2.45, 2.75) is 7.70 Å². The Kier molecular flexibility index (Phi) is 7.75. The summed E-state index contributed by atoms with van der Waals surface area (Å²) in [6.45, 7) is 0. The van der Waals surface area contributed by atoms with E-state index in [1.807, 2.05) is 0 Å². The Bertz CT molecular complexity index is 140. The van der Waals surface area contributed by atoms with Crippen molar-refractivity contribution in [2.24, 2.45) is 0 Å². The quantitative estimate of drug-likeness (QED) is 0.406. The highest BCUT2D eigenvalue weighted by atomic mass is 35.5. The summed E-state index contributed by atoms with van der Waals surface area (Å²) >= 11 is 22.6. The van der Waals surface area contributed by atoms with Gasteiger partial charge in [0.25, 0.3) is 7.70 Å². The SMILES string of the molecule is COC(Cl)(Cl)SSSC(Cl)(Cl)OC. The smallest absolute Gasteiger partial charge is 0.277 e. The van der Waals surface area contributed by atoms with Crippen molar-refractivity contribution in [3.63, 3.8) is 0 Å². The maximum atomic E-state index is 5.64. The van der Waals surface area contributed by atoms with E-state index in [0.717, 1.165) is 21.6 Å². The van der Waals surface area contributed by atoms with Crippen molar-refractivity contribution < 1.29 is 9.47 Å². The van der Waals surface area contributed by atoms with Crippen molar-refractivity contribution in [3.05, 3.63) is 0 Å². The Labute approximate surface area is 108 Å². The van der Waals surface area contributed by atoms with Gasteiger partial charge in [-0.3, -0.25) is 0 Å². The molecule has 2 nitrogen and oxygen atoms in total. The van der Waals surface area contributed by atoms with Crippen LogP contribution in [-0.4, -0.2) is 21.9 Å². The van der Waals surface area contributed by atoms with E-state index in [9.17, 15) is 0 Å². The van der Waals surface area contributed by atoms with Gasteiger partial charge < -0.3 is 9.47 Å². The fourth-order valence-corrected chi connectivity index (χ4v) is 5.99. The van der Waals surface area contributed by atoms with Crippen LogP contribution in [0, 0.1) is 0 Å². The van der Waals surface area contributed by atoms with Gasteiger partial charge in [-0.1, -0.05) is 46.4 Å². The van der Waals surface area contributed by atoms with E-state index < -0.39 is 7.70 Å².